The molecule has 0 radical (unpaired) electrons. The van der Waals surface area contributed by atoms with Crippen molar-refractivity contribution in [2.24, 2.45) is 7.05 Å². The molecule has 0 amide bonds. The van der Waals surface area contributed by atoms with Crippen LogP contribution in [0.5, 0.6) is 0 Å². The highest BCUT2D eigenvalue weighted by atomic mass is 32.2. The summed E-state index contributed by atoms with van der Waals surface area (Å²) in [5, 5.41) is 0. The van der Waals surface area contributed by atoms with Gasteiger partial charge in [0.1, 0.15) is 21.7 Å². The lowest BCUT2D eigenvalue weighted by Gasteiger charge is -2.25. The molecule has 0 aliphatic carbocycles. The quantitative estimate of drug-likeness (QED) is 0.291. The van der Waals surface area contributed by atoms with Crippen molar-refractivity contribution in [1.82, 2.24) is 4.57 Å². The van der Waals surface area contributed by atoms with E-state index in [1.807, 2.05) is 67.7 Å². The van der Waals surface area contributed by atoms with Crippen LogP contribution in [-0.2, 0) is 23.7 Å². The second-order valence-corrected chi connectivity index (χ2v) is 11.3. The number of pyridine rings is 1. The topological polar surface area (TPSA) is 86.3 Å². The smallest absolute Gasteiger partial charge is 0.271 e. The maximum Gasteiger partial charge on any atom is 0.271 e. The number of aromatic nitrogens is 2. The molecule has 2 aromatic heterocycles. The molecule has 0 unspecified atom stereocenters. The first-order valence-electron chi connectivity index (χ1n) is 12.0. The van der Waals surface area contributed by atoms with Gasteiger partial charge in [0.2, 0.25) is 0 Å². The minimum Gasteiger partial charge on any atom is -0.744 e. The van der Waals surface area contributed by atoms with Crippen molar-refractivity contribution in [2.75, 3.05) is 11.9 Å². The van der Waals surface area contributed by atoms with Crippen LogP contribution in [0.3, 0.4) is 0 Å². The predicted molar refractivity (Wildman–Crippen MR) is 151 cm³/mol. The van der Waals surface area contributed by atoms with E-state index in [9.17, 15) is 17.8 Å². The maximum atomic E-state index is 13.1. The van der Waals surface area contributed by atoms with Gasteiger partial charge in [-0.2, -0.15) is 0 Å². The molecule has 0 fully saturated rings. The highest BCUT2D eigenvalue weighted by molar-refractivity contribution is 7.85. The lowest BCUT2D eigenvalue weighted by molar-refractivity contribution is -0.671. The molecule has 0 atom stereocenters. The van der Waals surface area contributed by atoms with Crippen molar-refractivity contribution in [3.8, 4) is 0 Å². The molecule has 7 nitrogen and oxygen atoms in total. The maximum absolute atomic E-state index is 13.1. The number of hydrogen-bond acceptors (Lipinski definition) is 6. The van der Waals surface area contributed by atoms with Crippen LogP contribution in [0.15, 0.2) is 88.8 Å². The van der Waals surface area contributed by atoms with Crippen molar-refractivity contribution in [3.63, 3.8) is 0 Å². The number of thiazole rings is 1. The molecule has 9 heteroatoms. The number of aryl methyl sites for hydroxylation is 2. The van der Waals surface area contributed by atoms with Gasteiger partial charge in [-0.3, -0.25) is 9.36 Å². The van der Waals surface area contributed by atoms with Gasteiger partial charge >= 0.3 is 0 Å². The summed E-state index contributed by atoms with van der Waals surface area (Å²) in [5.74, 6) is 0. The Morgan fingerprint density at radius 2 is 1.66 bits per heavy atom. The molecule has 0 spiro atoms. The van der Waals surface area contributed by atoms with Crippen LogP contribution in [0.4, 0.5) is 5.69 Å². The lowest BCUT2D eigenvalue weighted by atomic mass is 10.1. The van der Waals surface area contributed by atoms with Crippen LogP contribution < -0.4 is 24.2 Å². The number of fused-ring (bicyclic) bond motifs is 1. The average Bonchev–Trinajstić information content (AvgIpc) is 3.20. The van der Waals surface area contributed by atoms with Crippen molar-refractivity contribution in [3.05, 3.63) is 115 Å². The highest BCUT2D eigenvalue weighted by Crippen LogP contribution is 2.29. The first-order chi connectivity index (χ1) is 18.1. The number of nitrogens with zero attached hydrogens (tertiary/aromatic N) is 3. The van der Waals surface area contributed by atoms with Crippen LogP contribution in [-0.4, -0.2) is 24.6 Å². The van der Waals surface area contributed by atoms with Gasteiger partial charge in [0.05, 0.1) is 15.3 Å². The Balaban J connectivity index is 0.000000257. The normalized spacial score (nSPS) is 14.7. The van der Waals surface area contributed by atoms with Crippen molar-refractivity contribution < 1.29 is 17.5 Å². The summed E-state index contributed by atoms with van der Waals surface area (Å²) in [5.41, 5.74) is 5.32. The summed E-state index contributed by atoms with van der Waals surface area (Å²) in [7, 11) is -0.253. The minimum atomic E-state index is -4.27. The van der Waals surface area contributed by atoms with Gasteiger partial charge in [-0.05, 0) is 55.3 Å². The second-order valence-electron chi connectivity index (χ2n) is 8.86. The zero-order valence-corrected chi connectivity index (χ0v) is 23.3. The van der Waals surface area contributed by atoms with E-state index in [0.717, 1.165) is 31.7 Å². The molecule has 3 heterocycles. The Bertz CT molecular complexity index is 1770. The van der Waals surface area contributed by atoms with Crippen LogP contribution in [0.2, 0.25) is 0 Å². The summed E-state index contributed by atoms with van der Waals surface area (Å²) in [6, 6.07) is 18.1. The minimum absolute atomic E-state index is 0.0705. The van der Waals surface area contributed by atoms with Gasteiger partial charge < -0.3 is 9.45 Å². The summed E-state index contributed by atoms with van der Waals surface area (Å²) >= 11 is 1.55. The molecule has 38 heavy (non-hydrogen) atoms. The summed E-state index contributed by atoms with van der Waals surface area (Å²) in [6.07, 6.45) is 10.2. The first kappa shape index (κ1) is 27.3. The highest BCUT2D eigenvalue weighted by Gasteiger charge is 2.16. The monoisotopic (exact) mass is 547 g/mol. The molecule has 4 aromatic rings. The molecule has 2 aromatic carbocycles. The standard InChI is InChI=1S/C22H22N3OS.C7H8O3S/c1-4-25-20(15-16-11-13-23(2)14-12-16)27-21(22(25)26)19-10-9-17-7-5-6-8-18(17)24(19)3;1-6-2-4-7(5-3-6)11(8,9)10/h5-15H,4H2,1-3H3;2-5H,1H3,(H,8,9,10)/q+1;/p-1. The Morgan fingerprint density at radius 1 is 1.00 bits per heavy atom. The molecule has 5 rings (SSSR count). The van der Waals surface area contributed by atoms with E-state index in [-0.39, 0.29) is 10.5 Å². The third-order valence-corrected chi connectivity index (χ3v) is 8.13. The molecule has 0 N–H and O–H groups in total. The molecule has 0 saturated carbocycles. The summed E-state index contributed by atoms with van der Waals surface area (Å²) in [4.78, 5) is 15.0. The van der Waals surface area contributed by atoms with E-state index in [1.165, 1.54) is 17.7 Å². The van der Waals surface area contributed by atoms with Gasteiger partial charge in [0.15, 0.2) is 12.4 Å². The van der Waals surface area contributed by atoms with Crippen molar-refractivity contribution >= 4 is 45.0 Å². The summed E-state index contributed by atoms with van der Waals surface area (Å²) in [6.45, 7) is 4.49. The Morgan fingerprint density at radius 3 is 2.29 bits per heavy atom. The Labute approximate surface area is 226 Å². The lowest BCUT2D eigenvalue weighted by Crippen LogP contribution is -2.35. The van der Waals surface area contributed by atoms with E-state index in [1.54, 1.807) is 23.5 Å². The Hall–Kier alpha value is -3.79. The zero-order chi connectivity index (χ0) is 27.4. The number of benzene rings is 2. The first-order valence-corrected chi connectivity index (χ1v) is 14.3. The molecular weight excluding hydrogens is 518 g/mol. The zero-order valence-electron chi connectivity index (χ0n) is 21.7. The third-order valence-electron chi connectivity index (χ3n) is 6.15. The van der Waals surface area contributed by atoms with E-state index >= 15 is 0 Å². The molecular formula is C29H29N3O4S2. The molecule has 1 aliphatic heterocycles. The number of likely N-dealkylation sites (N-methyl/N-ethyl adjacent to an activating group) is 1. The van der Waals surface area contributed by atoms with Crippen molar-refractivity contribution in [1.29, 1.82) is 0 Å². The van der Waals surface area contributed by atoms with Gasteiger partial charge in [-0.1, -0.05) is 42.0 Å². The van der Waals surface area contributed by atoms with Crippen LogP contribution in [0, 0.1) is 6.92 Å². The Kier molecular flexibility index (Phi) is 8.11. The van der Waals surface area contributed by atoms with E-state index in [4.69, 9.17) is 0 Å². The van der Waals surface area contributed by atoms with E-state index < -0.39 is 10.1 Å². The SMILES string of the molecule is CCn1c(=Cc2cc[n+](C)cc2)sc(=C2C=Cc3ccccc3N2C)c1=O.Cc1ccc(S(=O)(=O)[O-])cc1. The van der Waals surface area contributed by atoms with E-state index in [0.29, 0.717) is 6.54 Å². The molecule has 0 saturated heterocycles. The predicted octanol–water partition coefficient (Wildman–Crippen LogP) is 2.75. The largest absolute Gasteiger partial charge is 0.744 e. The van der Waals surface area contributed by atoms with Crippen molar-refractivity contribution in [2.45, 2.75) is 25.3 Å². The number of hydrogen-bond donors (Lipinski definition) is 0. The van der Waals surface area contributed by atoms with Crippen LogP contribution in [0.25, 0.3) is 17.8 Å². The fourth-order valence-electron chi connectivity index (χ4n) is 4.02. The number of rotatable bonds is 3. The third kappa shape index (κ3) is 6.02. The molecule has 1 aliphatic rings. The fourth-order valence-corrected chi connectivity index (χ4v) is 5.73. The van der Waals surface area contributed by atoms with Gasteiger partial charge in [-0.25, -0.2) is 13.0 Å². The number of anilines is 1. The van der Waals surface area contributed by atoms with Crippen LogP contribution >= 0.6 is 11.3 Å². The average molecular weight is 548 g/mol. The molecule has 0 bridgehead atoms. The van der Waals surface area contributed by atoms with Gasteiger partial charge in [0.25, 0.3) is 5.56 Å². The summed E-state index contributed by atoms with van der Waals surface area (Å²) < 4.78 is 36.8. The molecule has 196 valence electrons. The van der Waals surface area contributed by atoms with E-state index in [2.05, 4.69) is 41.3 Å². The fraction of sp³-hybridized carbons (Fsp3) is 0.172. The second kappa shape index (κ2) is 11.3. The van der Waals surface area contributed by atoms with Crippen LogP contribution in [0.1, 0.15) is 23.6 Å². The van der Waals surface area contributed by atoms with Gasteiger partial charge in [0, 0.05) is 31.4 Å². The number of para-hydroxylation sites is 1. The van der Waals surface area contributed by atoms with Gasteiger partial charge in [-0.15, -0.1) is 11.3 Å².